The molecule has 5 nitrogen and oxygen atoms in total. The highest BCUT2D eigenvalue weighted by Crippen LogP contribution is 2.41. The first-order chi connectivity index (χ1) is 16.6. The summed E-state index contributed by atoms with van der Waals surface area (Å²) < 4.78 is 23.1. The molecule has 2 N–H and O–H groups in total. The summed E-state index contributed by atoms with van der Waals surface area (Å²) in [4.78, 5) is 3.21. The van der Waals surface area contributed by atoms with E-state index in [2.05, 4.69) is 36.8 Å². The van der Waals surface area contributed by atoms with Crippen LogP contribution in [-0.2, 0) is 13.0 Å². The Kier molecular flexibility index (Phi) is 8.51. The summed E-state index contributed by atoms with van der Waals surface area (Å²) in [6.07, 6.45) is 8.30. The number of allylic oxidation sites excluding steroid dienone is 5. The molecule has 1 aliphatic heterocycles. The van der Waals surface area contributed by atoms with Gasteiger partial charge >= 0.3 is 0 Å². The average molecular weight is 465 g/mol. The van der Waals surface area contributed by atoms with Crippen LogP contribution in [0.5, 0.6) is 5.75 Å². The molecule has 4 rings (SSSR count). The van der Waals surface area contributed by atoms with E-state index in [-0.39, 0.29) is 5.82 Å². The largest absolute Gasteiger partial charge is 0.494 e. The van der Waals surface area contributed by atoms with Gasteiger partial charge in [-0.25, -0.2) is 9.07 Å². The van der Waals surface area contributed by atoms with E-state index < -0.39 is 0 Å². The third-order valence-electron chi connectivity index (χ3n) is 6.30. The molecule has 0 radical (unpaired) electrons. The first-order valence-corrected chi connectivity index (χ1v) is 12.3. The number of H-pyrrole nitrogens is 1. The summed E-state index contributed by atoms with van der Waals surface area (Å²) >= 11 is 0. The highest BCUT2D eigenvalue weighted by molar-refractivity contribution is 5.99. The Morgan fingerprint density at radius 2 is 2.06 bits per heavy atom. The molecule has 0 saturated carbocycles. The lowest BCUT2D eigenvalue weighted by Gasteiger charge is -2.20. The number of methoxy groups -OCH3 is 1. The average Bonchev–Trinajstić information content (AvgIpc) is 3.50. The molecule has 34 heavy (non-hydrogen) atoms. The van der Waals surface area contributed by atoms with Crippen LogP contribution in [0, 0.1) is 5.82 Å². The van der Waals surface area contributed by atoms with E-state index in [9.17, 15) is 0 Å². The fourth-order valence-corrected chi connectivity index (χ4v) is 4.69. The molecule has 3 heterocycles. The number of fused-ring (bicyclic) bond motifs is 2. The van der Waals surface area contributed by atoms with Gasteiger partial charge in [-0.1, -0.05) is 46.4 Å². The van der Waals surface area contributed by atoms with E-state index in [1.54, 1.807) is 7.11 Å². The van der Waals surface area contributed by atoms with E-state index in [0.717, 1.165) is 70.5 Å². The highest BCUT2D eigenvalue weighted by Gasteiger charge is 2.29. The predicted octanol–water partition coefficient (Wildman–Crippen LogP) is 7.01. The third kappa shape index (κ3) is 4.34. The monoisotopic (exact) mass is 464 g/mol. The molecule has 0 amide bonds. The number of aromatic amines is 1. The lowest BCUT2D eigenvalue weighted by Crippen LogP contribution is -2.23. The molecule has 0 fully saturated rings. The number of rotatable bonds is 7. The third-order valence-corrected chi connectivity index (χ3v) is 6.30. The first kappa shape index (κ1) is 25.5. The minimum atomic E-state index is -0.321. The number of hydrogen-bond donors (Lipinski definition) is 2. The fraction of sp³-hybridized carbons (Fsp3) is 0.393. The maximum absolute atomic E-state index is 15.7. The van der Waals surface area contributed by atoms with Crippen molar-refractivity contribution in [3.63, 3.8) is 0 Å². The molecular weight excluding hydrogens is 427 g/mol. The topological polar surface area (TPSA) is 54.9 Å². The molecular formula is C28H37FN4O. The molecule has 1 aliphatic rings. The van der Waals surface area contributed by atoms with E-state index in [1.165, 1.54) is 6.07 Å². The Morgan fingerprint density at radius 1 is 1.29 bits per heavy atom. The van der Waals surface area contributed by atoms with E-state index >= 15 is 4.39 Å². The Labute approximate surface area is 202 Å². The maximum Gasteiger partial charge on any atom is 0.145 e. The summed E-state index contributed by atoms with van der Waals surface area (Å²) in [6.45, 7) is 15.9. The van der Waals surface area contributed by atoms with E-state index in [1.807, 2.05) is 43.8 Å². The van der Waals surface area contributed by atoms with Crippen LogP contribution in [0.1, 0.15) is 58.7 Å². The van der Waals surface area contributed by atoms with Crippen LogP contribution in [0.3, 0.4) is 0 Å². The summed E-state index contributed by atoms with van der Waals surface area (Å²) in [5.74, 6) is 0.168. The number of halogens is 1. The molecule has 2 aromatic heterocycles. The van der Waals surface area contributed by atoms with Gasteiger partial charge < -0.3 is 15.0 Å². The number of nitrogens with zero attached hydrogens (tertiary/aromatic N) is 2. The van der Waals surface area contributed by atoms with Gasteiger partial charge in [0.1, 0.15) is 11.6 Å². The molecule has 0 unspecified atom stereocenters. The van der Waals surface area contributed by atoms with Gasteiger partial charge in [0.2, 0.25) is 0 Å². The van der Waals surface area contributed by atoms with Crippen molar-refractivity contribution in [1.29, 1.82) is 0 Å². The number of aromatic nitrogens is 3. The standard InChI is InChI=1S/C26H31FN4O.C2H6/c1-6-16(7-2)25(17(8-3)9-4)31-26(19-15-28-12-11-21(19)30-31)23-18-10-13-29-24(18)22(32-5)14-20(23)27;1-2/h6,8,10,13-14,28-29H,1,7,9,11-12,15H2,2-5H3;1-2H3/b17-8-,25-16-;. The van der Waals surface area contributed by atoms with Gasteiger partial charge in [0.05, 0.1) is 29.7 Å². The SMILES string of the molecule is C=C/C(CC)=C(\C(=C/C)CC)n1nc2c(c1-c1c(F)cc(OC)c3[nH]ccc13)CNCC2.CC. The fourth-order valence-electron chi connectivity index (χ4n) is 4.69. The minimum absolute atomic E-state index is 0.321. The van der Waals surface area contributed by atoms with Gasteiger partial charge in [0.25, 0.3) is 0 Å². The molecule has 0 bridgehead atoms. The van der Waals surface area contributed by atoms with Crippen molar-refractivity contribution < 1.29 is 9.13 Å². The van der Waals surface area contributed by atoms with Crippen molar-refractivity contribution in [2.24, 2.45) is 0 Å². The van der Waals surface area contributed by atoms with Crippen LogP contribution in [0.15, 0.2) is 48.2 Å². The van der Waals surface area contributed by atoms with Crippen LogP contribution in [0.4, 0.5) is 4.39 Å². The van der Waals surface area contributed by atoms with Crippen LogP contribution in [0.2, 0.25) is 0 Å². The van der Waals surface area contributed by atoms with Crippen molar-refractivity contribution in [2.75, 3.05) is 13.7 Å². The molecule has 182 valence electrons. The lowest BCUT2D eigenvalue weighted by molar-refractivity contribution is 0.416. The Morgan fingerprint density at radius 3 is 2.68 bits per heavy atom. The predicted molar refractivity (Wildman–Crippen MR) is 141 cm³/mol. The maximum atomic E-state index is 15.7. The quantitative estimate of drug-likeness (QED) is 0.370. The summed E-state index contributed by atoms with van der Waals surface area (Å²) in [6, 6.07) is 3.37. The summed E-state index contributed by atoms with van der Waals surface area (Å²) in [5, 5.41) is 9.28. The zero-order valence-electron chi connectivity index (χ0n) is 21.3. The van der Waals surface area contributed by atoms with Gasteiger partial charge in [-0.15, -0.1) is 0 Å². The van der Waals surface area contributed by atoms with E-state index in [4.69, 9.17) is 9.84 Å². The molecule has 6 heteroatoms. The van der Waals surface area contributed by atoms with Gasteiger partial charge in [-0.05, 0) is 37.0 Å². The molecule has 3 aromatic rings. The van der Waals surface area contributed by atoms with Crippen LogP contribution in [0.25, 0.3) is 27.9 Å². The highest BCUT2D eigenvalue weighted by atomic mass is 19.1. The number of hydrogen-bond acceptors (Lipinski definition) is 3. The Balaban J connectivity index is 0.00000158. The molecule has 0 aliphatic carbocycles. The lowest BCUT2D eigenvalue weighted by atomic mass is 9.97. The zero-order valence-corrected chi connectivity index (χ0v) is 21.3. The second-order valence-corrected chi connectivity index (χ2v) is 7.91. The van der Waals surface area contributed by atoms with Crippen LogP contribution in [-0.4, -0.2) is 28.4 Å². The summed E-state index contributed by atoms with van der Waals surface area (Å²) in [5.41, 5.74) is 7.43. The van der Waals surface area contributed by atoms with Crippen molar-refractivity contribution in [1.82, 2.24) is 20.1 Å². The number of benzene rings is 1. The Hall–Kier alpha value is -3.12. The Bertz CT molecular complexity index is 1230. The molecule has 0 atom stereocenters. The minimum Gasteiger partial charge on any atom is -0.494 e. The van der Waals surface area contributed by atoms with Gasteiger partial charge in [0.15, 0.2) is 0 Å². The van der Waals surface area contributed by atoms with Gasteiger partial charge in [-0.3, -0.25) is 0 Å². The summed E-state index contributed by atoms with van der Waals surface area (Å²) in [7, 11) is 1.56. The van der Waals surface area contributed by atoms with Crippen molar-refractivity contribution in [3.05, 3.63) is 65.3 Å². The number of ether oxygens (including phenoxy) is 1. The second kappa shape index (κ2) is 11.3. The smallest absolute Gasteiger partial charge is 0.145 e. The molecule has 0 spiro atoms. The van der Waals surface area contributed by atoms with Crippen LogP contribution >= 0.6 is 0 Å². The zero-order chi connectivity index (χ0) is 24.8. The van der Waals surface area contributed by atoms with E-state index in [0.29, 0.717) is 17.9 Å². The molecule has 1 aromatic carbocycles. The van der Waals surface area contributed by atoms with Gasteiger partial charge in [-0.2, -0.15) is 5.10 Å². The second-order valence-electron chi connectivity index (χ2n) is 7.91. The van der Waals surface area contributed by atoms with Crippen molar-refractivity contribution >= 4 is 16.6 Å². The van der Waals surface area contributed by atoms with Crippen molar-refractivity contribution in [3.8, 4) is 17.0 Å². The van der Waals surface area contributed by atoms with Crippen molar-refractivity contribution in [2.45, 2.75) is 60.4 Å². The number of nitrogens with one attached hydrogen (secondary N) is 2. The molecule has 0 saturated heterocycles. The normalized spacial score (nSPS) is 14.3. The first-order valence-electron chi connectivity index (χ1n) is 12.3. The van der Waals surface area contributed by atoms with Crippen LogP contribution < -0.4 is 10.1 Å². The van der Waals surface area contributed by atoms with Gasteiger partial charge in [0, 0.05) is 48.3 Å².